The number of benzene rings is 1. The predicted octanol–water partition coefficient (Wildman–Crippen LogP) is 2.70. The average molecular weight is 249 g/mol. The maximum Gasteiger partial charge on any atom is 0.127 e. The summed E-state index contributed by atoms with van der Waals surface area (Å²) < 4.78 is 11.2. The van der Waals surface area contributed by atoms with Gasteiger partial charge in [-0.15, -0.1) is 0 Å². The first kappa shape index (κ1) is 13.4. The molecule has 2 rings (SSSR count). The van der Waals surface area contributed by atoms with Gasteiger partial charge in [0.25, 0.3) is 0 Å². The number of hydrogen-bond donors (Lipinski definition) is 1. The molecule has 3 heteroatoms. The highest BCUT2D eigenvalue weighted by molar-refractivity contribution is 5.45. The van der Waals surface area contributed by atoms with E-state index in [1.54, 1.807) is 7.11 Å². The van der Waals surface area contributed by atoms with E-state index in [0.717, 1.165) is 31.7 Å². The Morgan fingerprint density at radius 3 is 3.00 bits per heavy atom. The molecule has 18 heavy (non-hydrogen) atoms. The Balaban J connectivity index is 2.22. The van der Waals surface area contributed by atoms with Crippen molar-refractivity contribution in [2.75, 3.05) is 20.3 Å². The van der Waals surface area contributed by atoms with Crippen molar-refractivity contribution in [2.45, 2.75) is 38.8 Å². The maximum absolute atomic E-state index is 5.79. The van der Waals surface area contributed by atoms with Crippen molar-refractivity contribution in [3.8, 4) is 5.75 Å². The van der Waals surface area contributed by atoms with Crippen molar-refractivity contribution in [3.05, 3.63) is 29.3 Å². The Bertz CT molecular complexity index is 392. The third-order valence-electron chi connectivity index (χ3n) is 3.54. The highest BCUT2D eigenvalue weighted by Gasteiger charge is 2.22. The smallest absolute Gasteiger partial charge is 0.127 e. The number of methoxy groups -OCH3 is 1. The second-order valence-electron chi connectivity index (χ2n) is 4.83. The Labute approximate surface area is 109 Å². The summed E-state index contributed by atoms with van der Waals surface area (Å²) in [5.74, 6) is 1.09. The molecule has 0 spiro atoms. The van der Waals surface area contributed by atoms with Crippen LogP contribution in [0.4, 0.5) is 0 Å². The summed E-state index contributed by atoms with van der Waals surface area (Å²) in [6, 6.07) is 6.76. The zero-order chi connectivity index (χ0) is 13.0. The van der Waals surface area contributed by atoms with Gasteiger partial charge in [0.2, 0.25) is 0 Å². The van der Waals surface area contributed by atoms with Gasteiger partial charge < -0.3 is 14.8 Å². The Hall–Kier alpha value is -1.06. The van der Waals surface area contributed by atoms with Crippen LogP contribution in [0.2, 0.25) is 0 Å². The van der Waals surface area contributed by atoms with Crippen LogP contribution in [-0.2, 0) is 11.2 Å². The summed E-state index contributed by atoms with van der Waals surface area (Å²) in [7, 11) is 1.76. The zero-order valence-electron chi connectivity index (χ0n) is 11.5. The predicted molar refractivity (Wildman–Crippen MR) is 73.1 cm³/mol. The standard InChI is InChI=1S/C15H23NO2/c1-4-16-14(10-11(2)17-3)13-7-5-6-12-8-9-18-15(12)13/h5-7,11,14,16H,4,8-10H2,1-3H3. The van der Waals surface area contributed by atoms with Crippen LogP contribution in [0.3, 0.4) is 0 Å². The number of fused-ring (bicyclic) bond motifs is 1. The van der Waals surface area contributed by atoms with Gasteiger partial charge in [-0.05, 0) is 25.5 Å². The van der Waals surface area contributed by atoms with Crippen molar-refractivity contribution in [3.63, 3.8) is 0 Å². The van der Waals surface area contributed by atoms with Gasteiger partial charge in [0.1, 0.15) is 5.75 Å². The molecule has 0 aromatic heterocycles. The first-order chi connectivity index (χ1) is 8.76. The molecule has 1 aliphatic heterocycles. The highest BCUT2D eigenvalue weighted by Crippen LogP contribution is 2.35. The molecule has 1 aliphatic rings. The van der Waals surface area contributed by atoms with E-state index >= 15 is 0 Å². The van der Waals surface area contributed by atoms with E-state index in [1.165, 1.54) is 11.1 Å². The van der Waals surface area contributed by atoms with Crippen LogP contribution in [0.15, 0.2) is 18.2 Å². The van der Waals surface area contributed by atoms with Crippen LogP contribution in [0.5, 0.6) is 5.75 Å². The van der Waals surface area contributed by atoms with Gasteiger partial charge in [-0.1, -0.05) is 25.1 Å². The molecule has 1 N–H and O–H groups in total. The minimum atomic E-state index is 0.242. The molecule has 0 radical (unpaired) electrons. The van der Waals surface area contributed by atoms with Crippen LogP contribution >= 0.6 is 0 Å². The van der Waals surface area contributed by atoms with Gasteiger partial charge in [-0.25, -0.2) is 0 Å². The summed E-state index contributed by atoms with van der Waals surface area (Å²) >= 11 is 0. The van der Waals surface area contributed by atoms with E-state index < -0.39 is 0 Å². The van der Waals surface area contributed by atoms with Gasteiger partial charge in [0, 0.05) is 25.1 Å². The fourth-order valence-corrected chi connectivity index (χ4v) is 2.51. The van der Waals surface area contributed by atoms with Gasteiger partial charge in [-0.2, -0.15) is 0 Å². The molecule has 0 amide bonds. The lowest BCUT2D eigenvalue weighted by Crippen LogP contribution is -2.25. The van der Waals surface area contributed by atoms with Crippen LogP contribution < -0.4 is 10.1 Å². The minimum Gasteiger partial charge on any atom is -0.493 e. The Kier molecular flexibility index (Phi) is 4.61. The molecule has 1 aromatic rings. The van der Waals surface area contributed by atoms with Crippen LogP contribution in [-0.4, -0.2) is 26.4 Å². The fourth-order valence-electron chi connectivity index (χ4n) is 2.51. The molecule has 100 valence electrons. The number of ether oxygens (including phenoxy) is 2. The molecule has 0 aliphatic carbocycles. The summed E-state index contributed by atoms with van der Waals surface area (Å²) in [4.78, 5) is 0. The lowest BCUT2D eigenvalue weighted by atomic mass is 9.97. The normalized spacial score (nSPS) is 17.1. The number of hydrogen-bond acceptors (Lipinski definition) is 3. The monoisotopic (exact) mass is 249 g/mol. The van der Waals surface area contributed by atoms with Gasteiger partial charge >= 0.3 is 0 Å². The first-order valence-corrected chi connectivity index (χ1v) is 6.77. The topological polar surface area (TPSA) is 30.5 Å². The molecule has 0 fully saturated rings. The maximum atomic E-state index is 5.79. The number of rotatable bonds is 6. The van der Waals surface area contributed by atoms with E-state index in [1.807, 2.05) is 0 Å². The minimum absolute atomic E-state index is 0.242. The molecule has 3 nitrogen and oxygen atoms in total. The summed E-state index contributed by atoms with van der Waals surface area (Å²) in [5.41, 5.74) is 2.61. The van der Waals surface area contributed by atoms with Gasteiger partial charge in [0.05, 0.1) is 12.7 Å². The van der Waals surface area contributed by atoms with Crippen molar-refractivity contribution in [1.29, 1.82) is 0 Å². The second kappa shape index (κ2) is 6.21. The number of para-hydroxylation sites is 1. The summed E-state index contributed by atoms with van der Waals surface area (Å²) in [6.07, 6.45) is 2.23. The average Bonchev–Trinajstić information content (AvgIpc) is 2.86. The van der Waals surface area contributed by atoms with Gasteiger partial charge in [0.15, 0.2) is 0 Å². The molecule has 0 saturated carbocycles. The third kappa shape index (κ3) is 2.85. The lowest BCUT2D eigenvalue weighted by molar-refractivity contribution is 0.100. The summed E-state index contributed by atoms with van der Waals surface area (Å²) in [6.45, 7) is 6.00. The Morgan fingerprint density at radius 2 is 2.28 bits per heavy atom. The largest absolute Gasteiger partial charge is 0.493 e. The fraction of sp³-hybridized carbons (Fsp3) is 0.600. The zero-order valence-corrected chi connectivity index (χ0v) is 11.5. The van der Waals surface area contributed by atoms with E-state index in [0.29, 0.717) is 6.04 Å². The SMILES string of the molecule is CCNC(CC(C)OC)c1cccc2c1OCC2. The van der Waals surface area contributed by atoms with E-state index in [-0.39, 0.29) is 6.10 Å². The molecule has 2 atom stereocenters. The molecular formula is C15H23NO2. The molecule has 0 saturated heterocycles. The summed E-state index contributed by atoms with van der Waals surface area (Å²) in [5, 5.41) is 3.53. The second-order valence-corrected chi connectivity index (χ2v) is 4.83. The molecular weight excluding hydrogens is 226 g/mol. The molecule has 1 aromatic carbocycles. The third-order valence-corrected chi connectivity index (χ3v) is 3.54. The van der Waals surface area contributed by atoms with Crippen LogP contribution in [0.1, 0.15) is 37.4 Å². The van der Waals surface area contributed by atoms with E-state index in [9.17, 15) is 0 Å². The number of nitrogens with one attached hydrogen (secondary N) is 1. The van der Waals surface area contributed by atoms with E-state index in [4.69, 9.17) is 9.47 Å². The molecule has 0 bridgehead atoms. The van der Waals surface area contributed by atoms with E-state index in [2.05, 4.69) is 37.4 Å². The molecule has 2 unspecified atom stereocenters. The van der Waals surface area contributed by atoms with Crippen molar-refractivity contribution in [2.24, 2.45) is 0 Å². The Morgan fingerprint density at radius 1 is 1.44 bits per heavy atom. The van der Waals surface area contributed by atoms with Crippen molar-refractivity contribution >= 4 is 0 Å². The van der Waals surface area contributed by atoms with Gasteiger partial charge in [-0.3, -0.25) is 0 Å². The first-order valence-electron chi connectivity index (χ1n) is 6.77. The quantitative estimate of drug-likeness (QED) is 0.841. The molecule has 1 heterocycles. The van der Waals surface area contributed by atoms with Crippen LogP contribution in [0, 0.1) is 0 Å². The van der Waals surface area contributed by atoms with Crippen LogP contribution in [0.25, 0.3) is 0 Å². The lowest BCUT2D eigenvalue weighted by Gasteiger charge is -2.23. The van der Waals surface area contributed by atoms with Crippen molar-refractivity contribution in [1.82, 2.24) is 5.32 Å². The highest BCUT2D eigenvalue weighted by atomic mass is 16.5. The van der Waals surface area contributed by atoms with Crippen molar-refractivity contribution < 1.29 is 9.47 Å².